The molecule has 0 fully saturated rings. The van der Waals surface area contributed by atoms with Crippen molar-refractivity contribution in [2.24, 2.45) is 11.8 Å². The predicted molar refractivity (Wildman–Crippen MR) is 144 cm³/mol. The van der Waals surface area contributed by atoms with Gasteiger partial charge in [0.05, 0.1) is 17.5 Å². The monoisotopic (exact) mass is 555 g/mol. The number of phenols is 1. The second-order valence-electron chi connectivity index (χ2n) is 12.2. The lowest BCUT2D eigenvalue weighted by molar-refractivity contribution is -0.180. The van der Waals surface area contributed by atoms with Gasteiger partial charge in [-0.05, 0) is 37.9 Å². The third-order valence-electron chi connectivity index (χ3n) is 8.57. The number of hydrogen-bond acceptors (Lipinski definition) is 10. The number of ether oxygens (including phenoxy) is 1. The molecule has 0 spiro atoms. The van der Waals surface area contributed by atoms with Crippen molar-refractivity contribution in [2.45, 2.75) is 77.0 Å². The van der Waals surface area contributed by atoms with Gasteiger partial charge in [-0.15, -0.1) is 0 Å². The molecule has 10 heteroatoms. The molecule has 0 saturated carbocycles. The Hall–Kier alpha value is -3.50. The van der Waals surface area contributed by atoms with Crippen molar-refractivity contribution in [3.8, 4) is 5.75 Å². The fourth-order valence-electron chi connectivity index (χ4n) is 6.68. The highest BCUT2D eigenvalue weighted by Crippen LogP contribution is 2.57. The predicted octanol–water partition coefficient (Wildman–Crippen LogP) is 3.01. The SMILES string of the molecule is CCC(=O)O[C@H]1C2C(=C(O)[C@]3(O)C(=O)C(C(C)=O)=C(O)[C@@H](N(C)C)C13)C(=O)c1c(ccc(C(C)(C)C)c1O)[C@@H]2C. The summed E-state index contributed by atoms with van der Waals surface area (Å²) in [6.45, 7) is 9.93. The Morgan fingerprint density at radius 3 is 2.20 bits per heavy atom. The van der Waals surface area contributed by atoms with Crippen LogP contribution in [-0.4, -0.2) is 80.5 Å². The quantitative estimate of drug-likeness (QED) is 0.321. The highest BCUT2D eigenvalue weighted by molar-refractivity contribution is 6.25. The number of nitrogens with zero attached hydrogens (tertiary/aromatic N) is 1. The Labute approximate surface area is 232 Å². The topological polar surface area (TPSA) is 162 Å². The van der Waals surface area contributed by atoms with Gasteiger partial charge in [0.25, 0.3) is 0 Å². The summed E-state index contributed by atoms with van der Waals surface area (Å²) in [7, 11) is 3.08. The van der Waals surface area contributed by atoms with E-state index in [4.69, 9.17) is 4.74 Å². The number of carbonyl (C=O) groups is 4. The first-order valence-corrected chi connectivity index (χ1v) is 13.3. The first-order valence-electron chi connectivity index (χ1n) is 13.3. The van der Waals surface area contributed by atoms with Gasteiger partial charge in [0, 0.05) is 23.5 Å². The van der Waals surface area contributed by atoms with Gasteiger partial charge >= 0.3 is 5.97 Å². The summed E-state index contributed by atoms with van der Waals surface area (Å²) >= 11 is 0. The normalized spacial score (nSPS) is 30.2. The van der Waals surface area contributed by atoms with Gasteiger partial charge in [-0.2, -0.15) is 0 Å². The van der Waals surface area contributed by atoms with Gasteiger partial charge in [-0.25, -0.2) is 0 Å². The number of rotatable bonds is 4. The molecule has 0 aliphatic heterocycles. The van der Waals surface area contributed by atoms with Gasteiger partial charge in [0.2, 0.25) is 5.78 Å². The van der Waals surface area contributed by atoms with Crippen molar-refractivity contribution in [3.05, 3.63) is 51.5 Å². The number of likely N-dealkylation sites (N-methyl/N-ethyl adjacent to an activating group) is 1. The third-order valence-corrected chi connectivity index (χ3v) is 8.57. The highest BCUT2D eigenvalue weighted by Gasteiger charge is 2.68. The minimum absolute atomic E-state index is 0.0604. The Bertz CT molecular complexity index is 1400. The van der Waals surface area contributed by atoms with E-state index in [0.717, 1.165) is 6.92 Å². The van der Waals surface area contributed by atoms with Crippen LogP contribution in [0.1, 0.15) is 75.4 Å². The van der Waals surface area contributed by atoms with Gasteiger partial charge in [0.1, 0.15) is 28.9 Å². The van der Waals surface area contributed by atoms with Gasteiger partial charge in [-0.3, -0.25) is 24.1 Å². The van der Waals surface area contributed by atoms with Crippen LogP contribution in [0.15, 0.2) is 34.8 Å². The molecule has 40 heavy (non-hydrogen) atoms. The van der Waals surface area contributed by atoms with E-state index >= 15 is 0 Å². The molecule has 10 nitrogen and oxygen atoms in total. The highest BCUT2D eigenvalue weighted by atomic mass is 16.5. The maximum atomic E-state index is 14.1. The van der Waals surface area contributed by atoms with Crippen molar-refractivity contribution < 1.29 is 44.3 Å². The van der Waals surface area contributed by atoms with Crippen LogP contribution >= 0.6 is 0 Å². The van der Waals surface area contributed by atoms with Crippen LogP contribution in [0.4, 0.5) is 0 Å². The van der Waals surface area contributed by atoms with Crippen molar-refractivity contribution in [1.29, 1.82) is 0 Å². The van der Waals surface area contributed by atoms with Crippen LogP contribution in [0, 0.1) is 11.8 Å². The lowest BCUT2D eigenvalue weighted by Gasteiger charge is -2.54. The van der Waals surface area contributed by atoms with E-state index in [9.17, 15) is 39.6 Å². The molecule has 3 aliphatic rings. The van der Waals surface area contributed by atoms with E-state index in [1.165, 1.54) is 4.90 Å². The zero-order valence-electron chi connectivity index (χ0n) is 24.0. The molecule has 4 rings (SSSR count). The molecule has 0 radical (unpaired) electrons. The second kappa shape index (κ2) is 9.55. The lowest BCUT2D eigenvalue weighted by atomic mass is 9.55. The summed E-state index contributed by atoms with van der Waals surface area (Å²) in [6, 6.07) is 2.20. The van der Waals surface area contributed by atoms with Crippen LogP contribution in [0.2, 0.25) is 0 Å². The van der Waals surface area contributed by atoms with Gasteiger partial charge in [-0.1, -0.05) is 46.8 Å². The van der Waals surface area contributed by atoms with Crippen molar-refractivity contribution in [1.82, 2.24) is 4.90 Å². The zero-order valence-corrected chi connectivity index (χ0v) is 24.0. The summed E-state index contributed by atoms with van der Waals surface area (Å²) in [6.07, 6.45) is -1.43. The minimum Gasteiger partial charge on any atom is -0.510 e. The standard InChI is InChI=1S/C30H37NO9/c1-9-16(33)40-26-17-12(2)14-10-11-15(29(4,5)6)23(34)19(14)24(35)20(17)28(38)30(39)21(26)22(31(7)8)25(36)18(13(3)32)27(30)37/h10-12,17,21-22,26,34,36,38-39H,9H2,1-8H3/t12-,17?,21?,22-,26-,30+/m0/s1. The molecule has 3 aliphatic carbocycles. The number of aliphatic hydroxyl groups is 3. The summed E-state index contributed by atoms with van der Waals surface area (Å²) in [5.74, 6) is -8.65. The number of Topliss-reactive ketones (excluding diaryl/α,β-unsaturated/α-hetero) is 3. The summed E-state index contributed by atoms with van der Waals surface area (Å²) in [4.78, 5) is 54.6. The van der Waals surface area contributed by atoms with Crippen molar-refractivity contribution in [3.63, 3.8) is 0 Å². The number of esters is 1. The van der Waals surface area contributed by atoms with Crippen molar-refractivity contribution in [2.75, 3.05) is 14.1 Å². The lowest BCUT2D eigenvalue weighted by Crippen LogP contribution is -2.68. The van der Waals surface area contributed by atoms with E-state index in [0.29, 0.717) is 11.1 Å². The maximum Gasteiger partial charge on any atom is 0.305 e. The van der Waals surface area contributed by atoms with E-state index in [-0.39, 0.29) is 23.3 Å². The number of hydrogen-bond donors (Lipinski definition) is 4. The van der Waals surface area contributed by atoms with Gasteiger partial charge < -0.3 is 25.2 Å². The Morgan fingerprint density at radius 1 is 1.10 bits per heavy atom. The average Bonchev–Trinajstić information content (AvgIpc) is 2.84. The molecule has 6 atom stereocenters. The minimum atomic E-state index is -2.88. The molecule has 4 N–H and O–H groups in total. The summed E-state index contributed by atoms with van der Waals surface area (Å²) in [5, 5.41) is 46.2. The van der Waals surface area contributed by atoms with Crippen LogP contribution in [0.3, 0.4) is 0 Å². The first kappa shape index (κ1) is 29.5. The van der Waals surface area contributed by atoms with E-state index in [1.54, 1.807) is 40.1 Å². The second-order valence-corrected chi connectivity index (χ2v) is 12.2. The number of aliphatic hydroxyl groups excluding tert-OH is 2. The average molecular weight is 556 g/mol. The van der Waals surface area contributed by atoms with Crippen LogP contribution in [-0.2, 0) is 24.5 Å². The molecule has 0 aromatic heterocycles. The van der Waals surface area contributed by atoms with E-state index in [2.05, 4.69) is 0 Å². The number of aromatic hydroxyl groups is 1. The molecular weight excluding hydrogens is 518 g/mol. The molecule has 0 bridgehead atoms. The van der Waals surface area contributed by atoms with Crippen LogP contribution < -0.4 is 0 Å². The molecule has 0 amide bonds. The smallest absolute Gasteiger partial charge is 0.305 e. The van der Waals surface area contributed by atoms with Crippen molar-refractivity contribution >= 4 is 23.3 Å². The Kier molecular flexibility index (Phi) is 7.04. The zero-order chi connectivity index (χ0) is 30.2. The Morgan fingerprint density at radius 2 is 1.70 bits per heavy atom. The largest absolute Gasteiger partial charge is 0.510 e. The van der Waals surface area contributed by atoms with Crippen LogP contribution in [0.5, 0.6) is 5.75 Å². The number of benzene rings is 1. The number of carbonyl (C=O) groups excluding carboxylic acids is 4. The third kappa shape index (κ3) is 3.91. The van der Waals surface area contributed by atoms with Gasteiger partial charge in [0.15, 0.2) is 17.2 Å². The molecule has 2 unspecified atom stereocenters. The summed E-state index contributed by atoms with van der Waals surface area (Å²) < 4.78 is 5.85. The van der Waals surface area contributed by atoms with Crippen LogP contribution in [0.25, 0.3) is 0 Å². The summed E-state index contributed by atoms with van der Waals surface area (Å²) in [5.41, 5.74) is -3.63. The maximum absolute atomic E-state index is 14.1. The first-order chi connectivity index (χ1) is 18.4. The molecule has 1 aromatic rings. The fraction of sp³-hybridized carbons (Fsp3) is 0.533. The molecule has 0 saturated heterocycles. The molecule has 0 heterocycles. The fourth-order valence-corrected chi connectivity index (χ4v) is 6.68. The number of ketones is 3. The molecule has 216 valence electrons. The number of phenolic OH excluding ortho intramolecular Hbond substituents is 1. The van der Waals surface area contributed by atoms with E-state index in [1.807, 2.05) is 20.8 Å². The van der Waals surface area contributed by atoms with E-state index < -0.39 is 81.3 Å². The number of fused-ring (bicyclic) bond motifs is 3. The Balaban J connectivity index is 2.11. The molecular formula is C30H37NO9. The molecule has 1 aromatic carbocycles.